The van der Waals surface area contributed by atoms with Crippen LogP contribution in [0.5, 0.6) is 0 Å². The zero-order valence-corrected chi connectivity index (χ0v) is 9.81. The van der Waals surface area contributed by atoms with Crippen LogP contribution in [0, 0.1) is 5.41 Å². The van der Waals surface area contributed by atoms with Crippen molar-refractivity contribution in [1.82, 2.24) is 5.32 Å². The summed E-state index contributed by atoms with van der Waals surface area (Å²) in [6.45, 7) is 10.6. The molecule has 1 N–H and O–H groups in total. The zero-order valence-electron chi connectivity index (χ0n) is 9.81. The molecule has 0 aromatic carbocycles. The van der Waals surface area contributed by atoms with Crippen molar-refractivity contribution in [1.29, 1.82) is 0 Å². The van der Waals surface area contributed by atoms with E-state index in [2.05, 4.69) is 33.0 Å². The van der Waals surface area contributed by atoms with Crippen molar-refractivity contribution < 1.29 is 4.74 Å². The van der Waals surface area contributed by atoms with Crippen LogP contribution in [0.1, 0.15) is 40.5 Å². The summed E-state index contributed by atoms with van der Waals surface area (Å²) >= 11 is 0. The second kappa shape index (κ2) is 6.39. The quantitative estimate of drug-likeness (QED) is 0.661. The molecule has 0 amide bonds. The van der Waals surface area contributed by atoms with Crippen LogP contribution in [-0.2, 0) is 4.74 Å². The number of hydrogen-bond donors (Lipinski definition) is 1. The molecule has 0 bridgehead atoms. The van der Waals surface area contributed by atoms with Gasteiger partial charge in [-0.3, -0.25) is 0 Å². The van der Waals surface area contributed by atoms with Crippen molar-refractivity contribution in [2.24, 2.45) is 5.41 Å². The zero-order chi connectivity index (χ0) is 10.3. The monoisotopic (exact) mass is 187 g/mol. The first-order valence-electron chi connectivity index (χ1n) is 5.28. The highest BCUT2D eigenvalue weighted by Gasteiger charge is 2.17. The second-order valence-electron chi connectivity index (χ2n) is 4.60. The van der Waals surface area contributed by atoms with Gasteiger partial charge in [0, 0.05) is 12.0 Å². The third-order valence-electron chi connectivity index (χ3n) is 2.11. The van der Waals surface area contributed by atoms with Crippen LogP contribution in [0.3, 0.4) is 0 Å². The lowest BCUT2D eigenvalue weighted by atomic mass is 9.95. The predicted molar refractivity (Wildman–Crippen MR) is 58.0 cm³/mol. The van der Waals surface area contributed by atoms with Crippen LogP contribution in [-0.4, -0.2) is 26.3 Å². The van der Waals surface area contributed by atoms with Crippen LogP contribution in [0.25, 0.3) is 0 Å². The van der Waals surface area contributed by atoms with Crippen LogP contribution in [0.4, 0.5) is 0 Å². The van der Waals surface area contributed by atoms with Gasteiger partial charge in [0.25, 0.3) is 0 Å². The first-order chi connectivity index (χ1) is 6.02. The van der Waals surface area contributed by atoms with Gasteiger partial charge in [0.2, 0.25) is 0 Å². The molecule has 0 aliphatic heterocycles. The fraction of sp³-hybridized carbons (Fsp3) is 1.00. The van der Waals surface area contributed by atoms with Gasteiger partial charge in [-0.05, 0) is 20.4 Å². The summed E-state index contributed by atoms with van der Waals surface area (Å²) < 4.78 is 5.76. The molecule has 0 rings (SSSR count). The van der Waals surface area contributed by atoms with Crippen molar-refractivity contribution in [3.8, 4) is 0 Å². The Morgan fingerprint density at radius 1 is 1.38 bits per heavy atom. The maximum absolute atomic E-state index is 5.76. The molecule has 80 valence electrons. The van der Waals surface area contributed by atoms with Crippen molar-refractivity contribution in [2.75, 3.05) is 20.2 Å². The lowest BCUT2D eigenvalue weighted by Crippen LogP contribution is -2.32. The van der Waals surface area contributed by atoms with Crippen molar-refractivity contribution >= 4 is 0 Å². The maximum Gasteiger partial charge on any atom is 0.0547 e. The van der Waals surface area contributed by atoms with Crippen LogP contribution in [0.2, 0.25) is 0 Å². The Morgan fingerprint density at radius 3 is 2.46 bits per heavy atom. The lowest BCUT2D eigenvalue weighted by molar-refractivity contribution is 0.00882. The first-order valence-corrected chi connectivity index (χ1v) is 5.28. The van der Waals surface area contributed by atoms with Gasteiger partial charge in [-0.15, -0.1) is 0 Å². The van der Waals surface area contributed by atoms with Crippen LogP contribution in [0.15, 0.2) is 0 Å². The number of rotatable bonds is 7. The molecule has 0 aliphatic rings. The topological polar surface area (TPSA) is 21.3 Å². The van der Waals surface area contributed by atoms with E-state index in [9.17, 15) is 0 Å². The molecule has 0 saturated carbocycles. The van der Waals surface area contributed by atoms with E-state index in [0.717, 1.165) is 19.6 Å². The van der Waals surface area contributed by atoms with Gasteiger partial charge in [0.1, 0.15) is 0 Å². The summed E-state index contributed by atoms with van der Waals surface area (Å²) in [5, 5.41) is 3.18. The minimum absolute atomic E-state index is 0.247. The SMILES string of the molecule is CCCC(C)OCC(C)(C)CNC. The summed E-state index contributed by atoms with van der Waals surface area (Å²) in [4.78, 5) is 0. The molecule has 13 heavy (non-hydrogen) atoms. The second-order valence-corrected chi connectivity index (χ2v) is 4.60. The van der Waals surface area contributed by atoms with Crippen LogP contribution >= 0.6 is 0 Å². The van der Waals surface area contributed by atoms with Gasteiger partial charge < -0.3 is 10.1 Å². The fourth-order valence-electron chi connectivity index (χ4n) is 1.39. The Bertz CT molecular complexity index is 123. The minimum atomic E-state index is 0.247. The number of hydrogen-bond acceptors (Lipinski definition) is 2. The maximum atomic E-state index is 5.76. The standard InChI is InChI=1S/C11H25NO/c1-6-7-10(2)13-9-11(3,4)8-12-5/h10,12H,6-9H2,1-5H3. The molecule has 1 atom stereocenters. The highest BCUT2D eigenvalue weighted by atomic mass is 16.5. The number of ether oxygens (including phenoxy) is 1. The van der Waals surface area contributed by atoms with Gasteiger partial charge in [-0.2, -0.15) is 0 Å². The van der Waals surface area contributed by atoms with E-state index in [-0.39, 0.29) is 5.41 Å². The molecule has 2 nitrogen and oxygen atoms in total. The van der Waals surface area contributed by atoms with Gasteiger partial charge in [-0.25, -0.2) is 0 Å². The molecule has 0 fully saturated rings. The molecule has 0 aliphatic carbocycles. The highest BCUT2D eigenvalue weighted by molar-refractivity contribution is 4.70. The van der Waals surface area contributed by atoms with Crippen molar-refractivity contribution in [3.05, 3.63) is 0 Å². The van der Waals surface area contributed by atoms with E-state index in [1.807, 2.05) is 7.05 Å². The fourth-order valence-corrected chi connectivity index (χ4v) is 1.39. The Morgan fingerprint density at radius 2 is 2.00 bits per heavy atom. The summed E-state index contributed by atoms with van der Waals surface area (Å²) in [5.74, 6) is 0. The molecule has 0 saturated heterocycles. The molecular weight excluding hydrogens is 162 g/mol. The average molecular weight is 187 g/mol. The molecule has 0 heterocycles. The molecule has 0 spiro atoms. The summed E-state index contributed by atoms with van der Waals surface area (Å²) in [6, 6.07) is 0. The third kappa shape index (κ3) is 7.03. The van der Waals surface area contributed by atoms with E-state index < -0.39 is 0 Å². The summed E-state index contributed by atoms with van der Waals surface area (Å²) in [5.41, 5.74) is 0.247. The minimum Gasteiger partial charge on any atom is -0.378 e. The molecule has 1 unspecified atom stereocenters. The smallest absolute Gasteiger partial charge is 0.0547 e. The summed E-state index contributed by atoms with van der Waals surface area (Å²) in [6.07, 6.45) is 2.77. The Kier molecular flexibility index (Phi) is 6.35. The Labute approximate surface area is 83.1 Å². The van der Waals surface area contributed by atoms with E-state index in [1.165, 1.54) is 6.42 Å². The number of nitrogens with one attached hydrogen (secondary N) is 1. The van der Waals surface area contributed by atoms with E-state index in [0.29, 0.717) is 6.10 Å². The van der Waals surface area contributed by atoms with Crippen molar-refractivity contribution in [3.63, 3.8) is 0 Å². The van der Waals surface area contributed by atoms with Gasteiger partial charge in [0.15, 0.2) is 0 Å². The molecule has 2 heteroatoms. The molecule has 0 aromatic heterocycles. The Hall–Kier alpha value is -0.0800. The highest BCUT2D eigenvalue weighted by Crippen LogP contribution is 2.15. The van der Waals surface area contributed by atoms with Gasteiger partial charge in [0.05, 0.1) is 12.7 Å². The predicted octanol–water partition coefficient (Wildman–Crippen LogP) is 2.44. The largest absolute Gasteiger partial charge is 0.378 e. The molecule has 0 radical (unpaired) electrons. The van der Waals surface area contributed by atoms with E-state index in [4.69, 9.17) is 4.74 Å². The molecule has 0 aromatic rings. The van der Waals surface area contributed by atoms with Crippen molar-refractivity contribution in [2.45, 2.75) is 46.6 Å². The van der Waals surface area contributed by atoms with E-state index in [1.54, 1.807) is 0 Å². The lowest BCUT2D eigenvalue weighted by Gasteiger charge is -2.26. The first kappa shape index (κ1) is 12.9. The Balaban J connectivity index is 3.60. The van der Waals surface area contributed by atoms with Gasteiger partial charge in [-0.1, -0.05) is 27.2 Å². The molecular formula is C11H25NO. The summed E-state index contributed by atoms with van der Waals surface area (Å²) in [7, 11) is 1.98. The van der Waals surface area contributed by atoms with Crippen LogP contribution < -0.4 is 5.32 Å². The van der Waals surface area contributed by atoms with E-state index >= 15 is 0 Å². The normalized spacial score (nSPS) is 14.5. The average Bonchev–Trinajstić information content (AvgIpc) is 2.02. The third-order valence-corrected chi connectivity index (χ3v) is 2.11. The van der Waals surface area contributed by atoms with Gasteiger partial charge >= 0.3 is 0 Å².